The van der Waals surface area contributed by atoms with E-state index in [0.29, 0.717) is 24.9 Å². The first-order chi connectivity index (χ1) is 9.73. The van der Waals surface area contributed by atoms with E-state index in [1.807, 2.05) is 0 Å². The summed E-state index contributed by atoms with van der Waals surface area (Å²) in [5.74, 6) is -0.263. The van der Waals surface area contributed by atoms with Crippen LogP contribution in [0.3, 0.4) is 0 Å². The van der Waals surface area contributed by atoms with Crippen LogP contribution >= 0.6 is 15.9 Å². The molecule has 116 valence electrons. The van der Waals surface area contributed by atoms with Crippen LogP contribution in [0.15, 0.2) is 27.6 Å². The Labute approximate surface area is 133 Å². The van der Waals surface area contributed by atoms with Gasteiger partial charge in [-0.15, -0.1) is 0 Å². The molecule has 7 heteroatoms. The summed E-state index contributed by atoms with van der Waals surface area (Å²) >= 11 is 3.17. The molecular weight excluding hydrogens is 358 g/mol. The standard InChI is InChI=1S/C14H18BrNO4S/c1-9(2)11-5-6-16(8-11)21(19,20)13-4-3-10(14(17)18)7-12(13)15/h3-4,7,9,11H,5-6,8H2,1-2H3,(H,17,18). The SMILES string of the molecule is CC(C)C1CCN(S(=O)(=O)c2ccc(C(=O)O)cc2Br)C1. The molecule has 0 amide bonds. The van der Waals surface area contributed by atoms with Crippen LogP contribution in [-0.4, -0.2) is 36.9 Å². The van der Waals surface area contributed by atoms with E-state index >= 15 is 0 Å². The molecule has 1 aromatic carbocycles. The number of rotatable bonds is 4. The van der Waals surface area contributed by atoms with Crippen molar-refractivity contribution in [1.82, 2.24) is 4.31 Å². The second-order valence-electron chi connectivity index (χ2n) is 5.61. The lowest BCUT2D eigenvalue weighted by Crippen LogP contribution is -2.29. The van der Waals surface area contributed by atoms with Gasteiger partial charge in [0.25, 0.3) is 0 Å². The Kier molecular flexibility index (Phi) is 4.75. The van der Waals surface area contributed by atoms with E-state index in [4.69, 9.17) is 5.11 Å². The molecule has 0 bridgehead atoms. The van der Waals surface area contributed by atoms with Gasteiger partial charge in [0.1, 0.15) is 0 Å². The Morgan fingerprint density at radius 3 is 2.57 bits per heavy atom. The largest absolute Gasteiger partial charge is 0.478 e. The van der Waals surface area contributed by atoms with Gasteiger partial charge in [-0.3, -0.25) is 0 Å². The highest BCUT2D eigenvalue weighted by molar-refractivity contribution is 9.10. The predicted octanol–water partition coefficient (Wildman–Crippen LogP) is 2.81. The minimum Gasteiger partial charge on any atom is -0.478 e. The van der Waals surface area contributed by atoms with Crippen LogP contribution in [0.25, 0.3) is 0 Å². The molecule has 2 rings (SSSR count). The third-order valence-electron chi connectivity index (χ3n) is 3.93. The van der Waals surface area contributed by atoms with Crippen molar-refractivity contribution in [3.05, 3.63) is 28.2 Å². The van der Waals surface area contributed by atoms with Crippen molar-refractivity contribution in [2.24, 2.45) is 11.8 Å². The smallest absolute Gasteiger partial charge is 0.335 e. The van der Waals surface area contributed by atoms with Crippen molar-refractivity contribution < 1.29 is 18.3 Å². The summed E-state index contributed by atoms with van der Waals surface area (Å²) < 4.78 is 27.1. The summed E-state index contributed by atoms with van der Waals surface area (Å²) in [4.78, 5) is 11.0. The fraction of sp³-hybridized carbons (Fsp3) is 0.500. The van der Waals surface area contributed by atoms with Gasteiger partial charge in [-0.05, 0) is 52.4 Å². The second-order valence-corrected chi connectivity index (χ2v) is 8.37. The van der Waals surface area contributed by atoms with E-state index in [2.05, 4.69) is 29.8 Å². The highest BCUT2D eigenvalue weighted by atomic mass is 79.9. The van der Waals surface area contributed by atoms with Gasteiger partial charge in [-0.2, -0.15) is 4.31 Å². The molecule has 0 radical (unpaired) electrons. The zero-order valence-electron chi connectivity index (χ0n) is 11.9. The van der Waals surface area contributed by atoms with Crippen LogP contribution in [0, 0.1) is 11.8 Å². The van der Waals surface area contributed by atoms with Crippen LogP contribution < -0.4 is 0 Å². The fourth-order valence-corrected chi connectivity index (χ4v) is 5.05. The quantitative estimate of drug-likeness (QED) is 0.877. The zero-order valence-corrected chi connectivity index (χ0v) is 14.3. The van der Waals surface area contributed by atoms with Crippen molar-refractivity contribution in [1.29, 1.82) is 0 Å². The minimum absolute atomic E-state index is 0.0577. The maximum atomic E-state index is 12.7. The number of sulfonamides is 1. The second kappa shape index (κ2) is 6.06. The van der Waals surface area contributed by atoms with Crippen molar-refractivity contribution >= 4 is 31.9 Å². The van der Waals surface area contributed by atoms with Gasteiger partial charge >= 0.3 is 5.97 Å². The fourth-order valence-electron chi connectivity index (χ4n) is 2.50. The summed E-state index contributed by atoms with van der Waals surface area (Å²) in [6.07, 6.45) is 0.863. The molecule has 0 spiro atoms. The number of carbonyl (C=O) groups is 1. The molecule has 5 nitrogen and oxygen atoms in total. The Morgan fingerprint density at radius 2 is 2.10 bits per heavy atom. The normalized spacial score (nSPS) is 20.1. The van der Waals surface area contributed by atoms with Crippen molar-refractivity contribution in [3.63, 3.8) is 0 Å². The number of halogens is 1. The van der Waals surface area contributed by atoms with Gasteiger partial charge in [-0.25, -0.2) is 13.2 Å². The highest BCUT2D eigenvalue weighted by Gasteiger charge is 2.34. The Balaban J connectivity index is 2.31. The van der Waals surface area contributed by atoms with Gasteiger partial charge in [0.2, 0.25) is 10.0 Å². The number of carboxylic acids is 1. The van der Waals surface area contributed by atoms with Gasteiger partial charge in [0.05, 0.1) is 10.5 Å². The molecule has 1 N–H and O–H groups in total. The maximum Gasteiger partial charge on any atom is 0.335 e. The van der Waals surface area contributed by atoms with E-state index < -0.39 is 16.0 Å². The molecule has 21 heavy (non-hydrogen) atoms. The molecule has 1 fully saturated rings. The number of hydrogen-bond donors (Lipinski definition) is 1. The summed E-state index contributed by atoms with van der Waals surface area (Å²) in [5.41, 5.74) is 0.0577. The topological polar surface area (TPSA) is 74.7 Å². The number of aromatic carboxylic acids is 1. The van der Waals surface area contributed by atoms with Gasteiger partial charge < -0.3 is 5.11 Å². The molecule has 1 atom stereocenters. The zero-order chi connectivity index (χ0) is 15.8. The molecular formula is C14H18BrNO4S. The molecule has 1 aromatic rings. The number of carboxylic acid groups (broad SMARTS) is 1. The number of nitrogens with zero attached hydrogens (tertiary/aromatic N) is 1. The Morgan fingerprint density at radius 1 is 1.43 bits per heavy atom. The molecule has 1 aliphatic heterocycles. The van der Waals surface area contributed by atoms with Crippen LogP contribution in [0.2, 0.25) is 0 Å². The Bertz CT molecular complexity index is 657. The minimum atomic E-state index is -3.58. The van der Waals surface area contributed by atoms with Crippen LogP contribution in [0.4, 0.5) is 0 Å². The summed E-state index contributed by atoms with van der Waals surface area (Å²) in [6, 6.07) is 3.99. The van der Waals surface area contributed by atoms with Gasteiger partial charge in [0.15, 0.2) is 0 Å². The summed E-state index contributed by atoms with van der Waals surface area (Å²) in [6.45, 7) is 5.22. The van der Waals surface area contributed by atoms with Crippen LogP contribution in [0.5, 0.6) is 0 Å². The molecule has 1 saturated heterocycles. The first-order valence-electron chi connectivity index (χ1n) is 6.76. The predicted molar refractivity (Wildman–Crippen MR) is 82.8 cm³/mol. The molecule has 1 aliphatic rings. The molecule has 0 aromatic heterocycles. The first kappa shape index (κ1) is 16.5. The van der Waals surface area contributed by atoms with E-state index in [0.717, 1.165) is 6.42 Å². The highest BCUT2D eigenvalue weighted by Crippen LogP contribution is 2.32. The van der Waals surface area contributed by atoms with Crippen molar-refractivity contribution in [2.45, 2.75) is 25.2 Å². The lowest BCUT2D eigenvalue weighted by molar-refractivity contribution is 0.0696. The van der Waals surface area contributed by atoms with Gasteiger partial charge in [0, 0.05) is 17.6 Å². The third-order valence-corrected chi connectivity index (χ3v) is 6.77. The Hall–Kier alpha value is -0.920. The molecule has 1 unspecified atom stereocenters. The number of hydrogen-bond acceptors (Lipinski definition) is 3. The average Bonchev–Trinajstić information content (AvgIpc) is 2.88. The van der Waals surface area contributed by atoms with E-state index in [9.17, 15) is 13.2 Å². The maximum absolute atomic E-state index is 12.7. The van der Waals surface area contributed by atoms with E-state index in [-0.39, 0.29) is 14.9 Å². The van der Waals surface area contributed by atoms with Crippen LogP contribution in [-0.2, 0) is 10.0 Å². The van der Waals surface area contributed by atoms with E-state index in [1.165, 1.54) is 22.5 Å². The summed E-state index contributed by atoms with van der Waals surface area (Å²) in [5, 5.41) is 8.93. The molecule has 0 saturated carbocycles. The van der Waals surface area contributed by atoms with E-state index in [1.54, 1.807) is 0 Å². The lowest BCUT2D eigenvalue weighted by Gasteiger charge is -2.19. The van der Waals surface area contributed by atoms with Crippen LogP contribution in [0.1, 0.15) is 30.6 Å². The monoisotopic (exact) mass is 375 g/mol. The van der Waals surface area contributed by atoms with Crippen molar-refractivity contribution in [3.8, 4) is 0 Å². The summed E-state index contributed by atoms with van der Waals surface area (Å²) in [7, 11) is -3.58. The molecule has 1 heterocycles. The van der Waals surface area contributed by atoms with Crippen molar-refractivity contribution in [2.75, 3.05) is 13.1 Å². The first-order valence-corrected chi connectivity index (χ1v) is 8.99. The van der Waals surface area contributed by atoms with Gasteiger partial charge in [-0.1, -0.05) is 13.8 Å². The lowest BCUT2D eigenvalue weighted by atomic mass is 9.96. The molecule has 0 aliphatic carbocycles. The average molecular weight is 376 g/mol. The number of benzene rings is 1. The third kappa shape index (κ3) is 3.30.